The number of benzene rings is 1. The van der Waals surface area contributed by atoms with Gasteiger partial charge in [-0.05, 0) is 18.4 Å². The molecule has 33 heavy (non-hydrogen) atoms. The van der Waals surface area contributed by atoms with Gasteiger partial charge in [0.25, 0.3) is 0 Å². The third-order valence-corrected chi connectivity index (χ3v) is 5.34. The lowest BCUT2D eigenvalue weighted by atomic mass is 9.99. The highest BCUT2D eigenvalue weighted by Gasteiger charge is 2.33. The maximum atomic E-state index is 12.7. The molecule has 6 unspecified atom stereocenters. The first-order valence-corrected chi connectivity index (χ1v) is 10.7. The van der Waals surface area contributed by atoms with E-state index < -0.39 is 60.6 Å². The number of nitrogens with one attached hydrogen (secondary N) is 3. The number of carbonyl (C=O) groups excluding carboxylic acids is 3. The highest BCUT2D eigenvalue weighted by Crippen LogP contribution is 2.07. The molecule has 6 atom stereocenters. The Bertz CT molecular complexity index is 803. The molecule has 1 aromatic rings. The number of carbonyl (C=O) groups is 4. The Labute approximate surface area is 192 Å². The van der Waals surface area contributed by atoms with Crippen molar-refractivity contribution in [3.05, 3.63) is 35.9 Å². The molecule has 11 heteroatoms. The average Bonchev–Trinajstić information content (AvgIpc) is 2.79. The van der Waals surface area contributed by atoms with E-state index in [9.17, 15) is 34.5 Å². The Balaban J connectivity index is 2.86. The van der Waals surface area contributed by atoms with Gasteiger partial charge >= 0.3 is 5.97 Å². The van der Waals surface area contributed by atoms with E-state index in [0.29, 0.717) is 12.0 Å². The monoisotopic (exact) mass is 466 g/mol. The summed E-state index contributed by atoms with van der Waals surface area (Å²) in [7, 11) is 0. The highest BCUT2D eigenvalue weighted by molar-refractivity contribution is 5.94. The van der Waals surface area contributed by atoms with Crippen LogP contribution in [0.2, 0.25) is 0 Å². The number of aliphatic hydroxyl groups excluding tert-OH is 2. The summed E-state index contributed by atoms with van der Waals surface area (Å²) < 4.78 is 0. The van der Waals surface area contributed by atoms with Crippen LogP contribution in [0.4, 0.5) is 0 Å². The van der Waals surface area contributed by atoms with Gasteiger partial charge in [0.1, 0.15) is 18.1 Å². The van der Waals surface area contributed by atoms with Crippen molar-refractivity contribution in [2.75, 3.05) is 6.61 Å². The Morgan fingerprint density at radius 1 is 0.939 bits per heavy atom. The standard InChI is InChI=1S/C22H34N4O7/c1-4-12(2)17(23)20(30)25-16(11-27)19(29)26-18(13(3)28)21(31)24-15(22(32)33)10-14-8-6-5-7-9-14/h5-9,12-13,15-18,27-28H,4,10-11,23H2,1-3H3,(H,24,31)(H,25,30)(H,26,29)(H,32,33). The summed E-state index contributed by atoms with van der Waals surface area (Å²) in [6.45, 7) is 4.08. The summed E-state index contributed by atoms with van der Waals surface area (Å²) in [6, 6.07) is 3.48. The molecule has 0 bridgehead atoms. The van der Waals surface area contributed by atoms with Crippen LogP contribution in [0.3, 0.4) is 0 Å². The number of carboxylic acids is 1. The third kappa shape index (κ3) is 8.79. The summed E-state index contributed by atoms with van der Waals surface area (Å²) in [6.07, 6.45) is -0.772. The Hall–Kier alpha value is -3.02. The predicted octanol–water partition coefficient (Wildman–Crippen LogP) is -1.49. The maximum absolute atomic E-state index is 12.7. The molecule has 8 N–H and O–H groups in total. The van der Waals surface area contributed by atoms with Gasteiger partial charge < -0.3 is 37.0 Å². The minimum atomic E-state index is -1.52. The van der Waals surface area contributed by atoms with Gasteiger partial charge in [-0.3, -0.25) is 14.4 Å². The average molecular weight is 467 g/mol. The molecule has 0 radical (unpaired) electrons. The van der Waals surface area contributed by atoms with Crippen LogP contribution in [0.1, 0.15) is 32.8 Å². The number of carboxylic acid groups (broad SMARTS) is 1. The van der Waals surface area contributed by atoms with Crippen LogP contribution in [0, 0.1) is 5.92 Å². The van der Waals surface area contributed by atoms with Crippen LogP contribution >= 0.6 is 0 Å². The van der Waals surface area contributed by atoms with Gasteiger partial charge in [-0.1, -0.05) is 50.6 Å². The van der Waals surface area contributed by atoms with Gasteiger partial charge in [0.2, 0.25) is 17.7 Å². The zero-order valence-electron chi connectivity index (χ0n) is 19.0. The van der Waals surface area contributed by atoms with Gasteiger partial charge in [-0.2, -0.15) is 0 Å². The molecule has 1 aromatic carbocycles. The molecule has 0 aliphatic carbocycles. The number of rotatable bonds is 13. The first-order valence-electron chi connectivity index (χ1n) is 10.7. The van der Waals surface area contributed by atoms with Crippen LogP contribution < -0.4 is 21.7 Å². The molecule has 1 rings (SSSR count). The highest BCUT2D eigenvalue weighted by atomic mass is 16.4. The summed E-state index contributed by atoms with van der Waals surface area (Å²) in [5.74, 6) is -3.96. The SMILES string of the molecule is CCC(C)C(N)C(=O)NC(CO)C(=O)NC(C(=O)NC(Cc1ccccc1)C(=O)O)C(C)O. The van der Waals surface area contributed by atoms with E-state index in [1.165, 1.54) is 6.92 Å². The lowest BCUT2D eigenvalue weighted by Gasteiger charge is -2.26. The van der Waals surface area contributed by atoms with Gasteiger partial charge in [-0.15, -0.1) is 0 Å². The van der Waals surface area contributed by atoms with E-state index in [4.69, 9.17) is 5.73 Å². The number of hydrogen-bond donors (Lipinski definition) is 7. The Morgan fingerprint density at radius 2 is 1.52 bits per heavy atom. The quantitative estimate of drug-likeness (QED) is 0.183. The van der Waals surface area contributed by atoms with E-state index in [0.717, 1.165) is 0 Å². The fraction of sp³-hybridized carbons (Fsp3) is 0.545. The van der Waals surface area contributed by atoms with E-state index >= 15 is 0 Å². The fourth-order valence-electron chi connectivity index (χ4n) is 2.94. The predicted molar refractivity (Wildman–Crippen MR) is 120 cm³/mol. The molecule has 0 aliphatic heterocycles. The van der Waals surface area contributed by atoms with Crippen molar-refractivity contribution in [1.29, 1.82) is 0 Å². The molecule has 184 valence electrons. The molecule has 0 saturated carbocycles. The summed E-state index contributed by atoms with van der Waals surface area (Å²) in [5.41, 5.74) is 6.50. The molecule has 0 saturated heterocycles. The molecular formula is C22H34N4O7. The number of amides is 3. The van der Waals surface area contributed by atoms with E-state index in [1.54, 1.807) is 37.3 Å². The van der Waals surface area contributed by atoms with Crippen LogP contribution in [0.5, 0.6) is 0 Å². The lowest BCUT2D eigenvalue weighted by molar-refractivity contribution is -0.143. The summed E-state index contributed by atoms with van der Waals surface area (Å²) in [5, 5.41) is 35.9. The van der Waals surface area contributed by atoms with Crippen molar-refractivity contribution in [3.8, 4) is 0 Å². The molecule has 0 aromatic heterocycles. The van der Waals surface area contributed by atoms with Crippen molar-refractivity contribution in [2.24, 2.45) is 11.7 Å². The van der Waals surface area contributed by atoms with Gasteiger partial charge in [-0.25, -0.2) is 4.79 Å². The minimum Gasteiger partial charge on any atom is -0.480 e. The normalized spacial score (nSPS) is 16.4. The summed E-state index contributed by atoms with van der Waals surface area (Å²) in [4.78, 5) is 49.1. The van der Waals surface area contributed by atoms with E-state index in [1.807, 2.05) is 6.92 Å². The largest absolute Gasteiger partial charge is 0.480 e. The zero-order chi connectivity index (χ0) is 25.1. The van der Waals surface area contributed by atoms with Crippen molar-refractivity contribution >= 4 is 23.7 Å². The molecule has 0 spiro atoms. The summed E-state index contributed by atoms with van der Waals surface area (Å²) >= 11 is 0. The first-order chi connectivity index (χ1) is 15.5. The van der Waals surface area contributed by atoms with Gasteiger partial charge in [0.05, 0.1) is 18.8 Å². The topological polar surface area (TPSA) is 191 Å². The van der Waals surface area contributed by atoms with Gasteiger partial charge in [0.15, 0.2) is 0 Å². The van der Waals surface area contributed by atoms with Gasteiger partial charge in [0, 0.05) is 6.42 Å². The fourth-order valence-corrected chi connectivity index (χ4v) is 2.94. The van der Waals surface area contributed by atoms with Crippen LogP contribution in [-0.4, -0.2) is 75.9 Å². The molecule has 3 amide bonds. The lowest BCUT2D eigenvalue weighted by Crippen LogP contribution is -2.61. The Morgan fingerprint density at radius 3 is 2.00 bits per heavy atom. The minimum absolute atomic E-state index is 0.00872. The van der Waals surface area contributed by atoms with Crippen molar-refractivity contribution < 1.29 is 34.5 Å². The number of aliphatic carboxylic acids is 1. The first kappa shape index (κ1) is 28.0. The Kier molecular flexibility index (Phi) is 11.5. The molecule has 0 heterocycles. The molecule has 11 nitrogen and oxygen atoms in total. The maximum Gasteiger partial charge on any atom is 0.326 e. The van der Waals surface area contributed by atoms with E-state index in [2.05, 4.69) is 16.0 Å². The second kappa shape index (κ2) is 13.5. The number of hydrogen-bond acceptors (Lipinski definition) is 7. The van der Waals surface area contributed by atoms with Crippen molar-refractivity contribution in [2.45, 2.75) is 63.9 Å². The second-order valence-electron chi connectivity index (χ2n) is 7.97. The smallest absolute Gasteiger partial charge is 0.326 e. The van der Waals surface area contributed by atoms with Crippen LogP contribution in [0.25, 0.3) is 0 Å². The van der Waals surface area contributed by atoms with Crippen molar-refractivity contribution in [1.82, 2.24) is 16.0 Å². The third-order valence-electron chi connectivity index (χ3n) is 5.34. The number of aliphatic hydroxyl groups is 2. The molecular weight excluding hydrogens is 432 g/mol. The van der Waals surface area contributed by atoms with Crippen LogP contribution in [0.15, 0.2) is 30.3 Å². The second-order valence-corrected chi connectivity index (χ2v) is 7.97. The molecule has 0 aliphatic rings. The van der Waals surface area contributed by atoms with Crippen molar-refractivity contribution in [3.63, 3.8) is 0 Å². The van der Waals surface area contributed by atoms with E-state index in [-0.39, 0.29) is 12.3 Å². The number of nitrogens with two attached hydrogens (primary N) is 1. The molecule has 0 fully saturated rings. The van der Waals surface area contributed by atoms with Crippen LogP contribution in [-0.2, 0) is 25.6 Å². The zero-order valence-corrected chi connectivity index (χ0v) is 19.0.